The topological polar surface area (TPSA) is 192 Å². The monoisotopic (exact) mass is 615 g/mol. The fourth-order valence-corrected chi connectivity index (χ4v) is 5.84. The first-order valence-electron chi connectivity index (χ1n) is 13.3. The van der Waals surface area contributed by atoms with Gasteiger partial charge in [-0.15, -0.1) is 0 Å². The van der Waals surface area contributed by atoms with Gasteiger partial charge in [-0.3, -0.25) is 34.7 Å². The van der Waals surface area contributed by atoms with Crippen molar-refractivity contribution in [3.8, 4) is 0 Å². The Balaban J connectivity index is 1.31. The van der Waals surface area contributed by atoms with Gasteiger partial charge >= 0.3 is 12.2 Å². The molecular weight excluding hydrogens is 586 g/mol. The van der Waals surface area contributed by atoms with E-state index in [-0.39, 0.29) is 66.4 Å². The lowest BCUT2D eigenvalue weighted by Gasteiger charge is -2.27. The van der Waals surface area contributed by atoms with Crippen molar-refractivity contribution in [2.75, 3.05) is 19.6 Å². The molecule has 1 N–H and O–H groups in total. The molecule has 4 rings (SSSR count). The largest absolute Gasteiger partial charge is 0.445 e. The van der Waals surface area contributed by atoms with Crippen LogP contribution in [0.5, 0.6) is 0 Å². The molecule has 0 unspecified atom stereocenters. The van der Waals surface area contributed by atoms with Gasteiger partial charge in [0.15, 0.2) is 5.12 Å². The number of alkyl carbamates (subject to hydrolysis) is 1. The van der Waals surface area contributed by atoms with E-state index in [2.05, 4.69) is 5.32 Å². The van der Waals surface area contributed by atoms with Crippen LogP contribution in [0.3, 0.4) is 0 Å². The van der Waals surface area contributed by atoms with Crippen molar-refractivity contribution in [1.82, 2.24) is 15.1 Å². The number of nitrogens with one attached hydrogen (secondary N) is 1. The van der Waals surface area contributed by atoms with Gasteiger partial charge in [-0.2, -0.15) is 0 Å². The molecule has 2 aromatic rings. The van der Waals surface area contributed by atoms with Crippen LogP contribution in [0, 0.1) is 20.2 Å². The van der Waals surface area contributed by atoms with Gasteiger partial charge in [0.05, 0.1) is 15.9 Å². The zero-order valence-electron chi connectivity index (χ0n) is 23.1. The number of nitrogens with zero attached hydrogens (tertiary/aromatic N) is 4. The molecule has 2 fully saturated rings. The molecule has 15 nitrogen and oxygen atoms in total. The first-order chi connectivity index (χ1) is 20.5. The number of thioether (sulfide) groups is 1. The third-order valence-corrected chi connectivity index (χ3v) is 7.97. The van der Waals surface area contributed by atoms with Crippen molar-refractivity contribution in [2.45, 2.75) is 50.3 Å². The Bertz CT molecular complexity index is 1390. The van der Waals surface area contributed by atoms with Gasteiger partial charge in [-0.25, -0.2) is 9.59 Å². The number of nitro groups is 2. The van der Waals surface area contributed by atoms with E-state index in [0.29, 0.717) is 24.1 Å². The average Bonchev–Trinajstić information content (AvgIpc) is 3.62. The van der Waals surface area contributed by atoms with Crippen molar-refractivity contribution in [3.63, 3.8) is 0 Å². The van der Waals surface area contributed by atoms with Crippen LogP contribution in [0.15, 0.2) is 48.5 Å². The van der Waals surface area contributed by atoms with Crippen LogP contribution in [-0.2, 0) is 32.3 Å². The van der Waals surface area contributed by atoms with E-state index in [1.807, 2.05) is 0 Å². The third kappa shape index (κ3) is 8.41. The number of hydrogen-bond acceptors (Lipinski definition) is 11. The van der Waals surface area contributed by atoms with E-state index in [1.54, 1.807) is 4.90 Å². The summed E-state index contributed by atoms with van der Waals surface area (Å²) in [6, 6.07) is 9.90. The predicted molar refractivity (Wildman–Crippen MR) is 152 cm³/mol. The number of non-ortho nitro benzene ring substituents is 2. The van der Waals surface area contributed by atoms with E-state index >= 15 is 0 Å². The normalized spacial score (nSPS) is 19.5. The van der Waals surface area contributed by atoms with Gasteiger partial charge < -0.3 is 19.7 Å². The van der Waals surface area contributed by atoms with Crippen LogP contribution in [0.2, 0.25) is 0 Å². The van der Waals surface area contributed by atoms with Gasteiger partial charge in [0, 0.05) is 56.1 Å². The van der Waals surface area contributed by atoms with Crippen LogP contribution >= 0.6 is 11.8 Å². The van der Waals surface area contributed by atoms with Crippen molar-refractivity contribution < 1.29 is 38.5 Å². The minimum atomic E-state index is -0.867. The molecule has 3 atom stereocenters. The number of nitro benzene ring substituents is 2. The SMILES string of the molecule is CC(=O)S[C@H]1C[C@@H](C(=O)N2CC[C@H](NC(=O)OCc3ccc([N+](=O)[O-])cc3)C2)N(C(=O)OCc2ccc([N+](=O)[O-])cc2)C1. The predicted octanol–water partition coefficient (Wildman–Crippen LogP) is 3.39. The number of hydrogen-bond donors (Lipinski definition) is 1. The van der Waals surface area contributed by atoms with E-state index < -0.39 is 28.1 Å². The summed E-state index contributed by atoms with van der Waals surface area (Å²) < 4.78 is 10.6. The number of carbonyl (C=O) groups excluding carboxylic acids is 4. The second-order valence-corrected chi connectivity index (χ2v) is 11.5. The highest BCUT2D eigenvalue weighted by molar-refractivity contribution is 8.14. The van der Waals surface area contributed by atoms with Gasteiger partial charge in [0.2, 0.25) is 5.91 Å². The molecule has 0 aromatic heterocycles. The molecule has 0 saturated carbocycles. The molecule has 2 aromatic carbocycles. The van der Waals surface area contributed by atoms with Crippen LogP contribution in [0.1, 0.15) is 30.9 Å². The summed E-state index contributed by atoms with van der Waals surface area (Å²) in [7, 11) is 0. The molecule has 0 spiro atoms. The molecule has 2 aliphatic heterocycles. The van der Waals surface area contributed by atoms with Crippen molar-refractivity contribution in [3.05, 3.63) is 79.9 Å². The molecule has 2 saturated heterocycles. The van der Waals surface area contributed by atoms with Gasteiger partial charge in [0.1, 0.15) is 19.3 Å². The second kappa shape index (κ2) is 14.0. The fraction of sp³-hybridized carbons (Fsp3) is 0.407. The maximum absolute atomic E-state index is 13.5. The molecule has 2 aliphatic rings. The quantitative estimate of drug-likeness (QED) is 0.321. The highest BCUT2D eigenvalue weighted by Gasteiger charge is 2.44. The first-order valence-corrected chi connectivity index (χ1v) is 14.2. The number of benzene rings is 2. The lowest BCUT2D eigenvalue weighted by Crippen LogP contribution is -2.48. The first kappa shape index (κ1) is 31.2. The summed E-state index contributed by atoms with van der Waals surface area (Å²) in [5.41, 5.74) is 0.933. The van der Waals surface area contributed by atoms with E-state index in [9.17, 15) is 39.4 Å². The van der Waals surface area contributed by atoms with Gasteiger partial charge in [-0.05, 0) is 48.2 Å². The number of likely N-dealkylation sites (tertiary alicyclic amines) is 2. The third-order valence-electron chi connectivity index (χ3n) is 6.96. The summed E-state index contributed by atoms with van der Waals surface area (Å²) in [5.74, 6) is -0.331. The summed E-state index contributed by atoms with van der Waals surface area (Å²) in [6.07, 6.45) is -0.733. The highest BCUT2D eigenvalue weighted by atomic mass is 32.2. The standard InChI is InChI=1S/C27H29N5O10S/c1-17(33)43-23-12-24(30(14-23)27(36)42-16-19-4-8-22(9-5-19)32(39)40)25(34)29-11-10-20(13-29)28-26(35)41-15-18-2-6-21(7-3-18)31(37)38/h2-9,20,23-24H,10-16H2,1H3,(H,28,35)/t20-,23-,24-/m0/s1. The van der Waals surface area contributed by atoms with Crippen LogP contribution in [0.25, 0.3) is 0 Å². The molecule has 0 aliphatic carbocycles. The number of amides is 3. The lowest BCUT2D eigenvalue weighted by molar-refractivity contribution is -0.385. The van der Waals surface area contributed by atoms with Crippen molar-refractivity contribution in [1.29, 1.82) is 0 Å². The zero-order chi connectivity index (χ0) is 31.1. The minimum absolute atomic E-state index is 0.0753. The van der Waals surface area contributed by atoms with Crippen LogP contribution < -0.4 is 5.32 Å². The minimum Gasteiger partial charge on any atom is -0.445 e. The summed E-state index contributed by atoms with van der Waals surface area (Å²) in [6.45, 7) is 1.82. The number of carbonyl (C=O) groups is 4. The molecule has 43 heavy (non-hydrogen) atoms. The van der Waals surface area contributed by atoms with Gasteiger partial charge in [-0.1, -0.05) is 11.8 Å². The average molecular weight is 616 g/mol. The highest BCUT2D eigenvalue weighted by Crippen LogP contribution is 2.31. The molecule has 0 bridgehead atoms. The molecular formula is C27H29N5O10S. The van der Waals surface area contributed by atoms with Gasteiger partial charge in [0.25, 0.3) is 11.4 Å². The summed E-state index contributed by atoms with van der Waals surface area (Å²) in [4.78, 5) is 74.0. The molecule has 2 heterocycles. The Morgan fingerprint density at radius 3 is 2.00 bits per heavy atom. The molecule has 3 amide bonds. The Morgan fingerprint density at radius 2 is 1.47 bits per heavy atom. The van der Waals surface area contributed by atoms with E-state index in [0.717, 1.165) is 11.8 Å². The Kier molecular flexibility index (Phi) is 10.1. The van der Waals surface area contributed by atoms with Crippen LogP contribution in [-0.4, -0.2) is 79.8 Å². The molecule has 16 heteroatoms. The number of rotatable bonds is 9. The number of ether oxygens (including phenoxy) is 2. The summed E-state index contributed by atoms with van der Waals surface area (Å²) in [5, 5.41) is 23.9. The molecule has 228 valence electrons. The van der Waals surface area contributed by atoms with Crippen molar-refractivity contribution >= 4 is 46.3 Å². The van der Waals surface area contributed by atoms with Crippen molar-refractivity contribution in [2.24, 2.45) is 0 Å². The second-order valence-electron chi connectivity index (χ2n) is 10.0. The van der Waals surface area contributed by atoms with E-state index in [4.69, 9.17) is 9.47 Å². The van der Waals surface area contributed by atoms with Crippen LogP contribution in [0.4, 0.5) is 21.0 Å². The zero-order valence-corrected chi connectivity index (χ0v) is 23.9. The Hall–Kier alpha value is -4.73. The summed E-state index contributed by atoms with van der Waals surface area (Å²) >= 11 is 1.05. The van der Waals surface area contributed by atoms with E-state index in [1.165, 1.54) is 60.4 Å². The maximum Gasteiger partial charge on any atom is 0.410 e. The smallest absolute Gasteiger partial charge is 0.410 e. The molecule has 0 radical (unpaired) electrons. The fourth-order valence-electron chi connectivity index (χ4n) is 4.86. The Labute approximate surface area is 249 Å². The lowest BCUT2D eigenvalue weighted by atomic mass is 10.2. The maximum atomic E-state index is 13.5. The Morgan fingerprint density at radius 1 is 0.907 bits per heavy atom.